The molecule has 0 aliphatic carbocycles. The van der Waals surface area contributed by atoms with Crippen molar-refractivity contribution >= 4 is 17.9 Å². The predicted molar refractivity (Wildman–Crippen MR) is 41.3 cm³/mol. The number of aliphatic hydroxyl groups excluding tert-OH is 1. The molecule has 0 bridgehead atoms. The summed E-state index contributed by atoms with van der Waals surface area (Å²) in [5.74, 6) is -0.345. The van der Waals surface area contributed by atoms with Crippen molar-refractivity contribution in [2.75, 3.05) is 6.26 Å². The van der Waals surface area contributed by atoms with Crippen LogP contribution in [0.25, 0.3) is 0 Å². The summed E-state index contributed by atoms with van der Waals surface area (Å²) in [6.45, 7) is 1.48. The molecule has 10 heavy (non-hydrogen) atoms. The van der Waals surface area contributed by atoms with Crippen molar-refractivity contribution in [3.63, 3.8) is 0 Å². The lowest BCUT2D eigenvalue weighted by atomic mass is 10.2. The van der Waals surface area contributed by atoms with Gasteiger partial charge in [0.2, 0.25) is 5.91 Å². The summed E-state index contributed by atoms with van der Waals surface area (Å²) < 4.78 is 2.42. The molecule has 0 aliphatic heterocycles. The van der Waals surface area contributed by atoms with Gasteiger partial charge < -0.3 is 10.8 Å². The smallest absolute Gasteiger partial charge is 0.249 e. The van der Waals surface area contributed by atoms with Crippen molar-refractivity contribution in [3.8, 4) is 0 Å². The Bertz CT molecular complexity index is 118. The number of amides is 1. The second-order valence-electron chi connectivity index (χ2n) is 1.94. The van der Waals surface area contributed by atoms with Gasteiger partial charge >= 0.3 is 0 Å². The Balaban J connectivity index is 3.71. The molecular weight excluding hydrogens is 152 g/mol. The van der Waals surface area contributed by atoms with Crippen LogP contribution in [-0.4, -0.2) is 29.4 Å². The molecule has 60 valence electrons. The van der Waals surface area contributed by atoms with Gasteiger partial charge in [-0.25, -0.2) is 0 Å². The second-order valence-corrected chi connectivity index (χ2v) is 2.55. The lowest BCUT2D eigenvalue weighted by Gasteiger charge is -2.12. The molecule has 4 nitrogen and oxygen atoms in total. The molecule has 0 spiro atoms. The maximum absolute atomic E-state index is 10.8. The van der Waals surface area contributed by atoms with E-state index in [2.05, 4.69) is 4.72 Å². The van der Waals surface area contributed by atoms with Crippen LogP contribution in [0.1, 0.15) is 6.92 Å². The first kappa shape index (κ1) is 9.74. The second kappa shape index (κ2) is 4.54. The molecule has 0 saturated carbocycles. The highest BCUT2D eigenvalue weighted by molar-refractivity contribution is 7.97. The Hall–Kier alpha value is -0.260. The summed E-state index contributed by atoms with van der Waals surface area (Å²) in [4.78, 5) is 10.8. The molecule has 0 heterocycles. The third-order valence-electron chi connectivity index (χ3n) is 1.03. The van der Waals surface area contributed by atoms with Gasteiger partial charge in [-0.15, -0.1) is 0 Å². The van der Waals surface area contributed by atoms with Crippen LogP contribution in [0.4, 0.5) is 0 Å². The quantitative estimate of drug-likeness (QED) is 0.472. The first-order chi connectivity index (χ1) is 4.59. The van der Waals surface area contributed by atoms with Crippen molar-refractivity contribution in [2.45, 2.75) is 19.1 Å². The fourth-order valence-corrected chi connectivity index (χ4v) is 0.725. The van der Waals surface area contributed by atoms with E-state index in [9.17, 15) is 4.79 Å². The molecule has 0 aromatic carbocycles. The van der Waals surface area contributed by atoms with Gasteiger partial charge in [0, 0.05) is 6.26 Å². The summed E-state index contributed by atoms with van der Waals surface area (Å²) >= 11 is 1.16. The van der Waals surface area contributed by atoms with Crippen molar-refractivity contribution in [1.29, 1.82) is 0 Å². The first-order valence-electron chi connectivity index (χ1n) is 2.86. The third kappa shape index (κ3) is 3.05. The Morgan fingerprint density at radius 3 is 2.60 bits per heavy atom. The van der Waals surface area contributed by atoms with Gasteiger partial charge in [0.05, 0.1) is 6.10 Å². The Labute approximate surface area is 64.3 Å². The topological polar surface area (TPSA) is 75.4 Å². The largest absolute Gasteiger partial charge is 0.391 e. The normalized spacial score (nSPS) is 16.0. The highest BCUT2D eigenvalue weighted by Crippen LogP contribution is 1.91. The lowest BCUT2D eigenvalue weighted by Crippen LogP contribution is -2.45. The molecule has 0 saturated heterocycles. The summed E-state index contributed by atoms with van der Waals surface area (Å²) in [5.41, 5.74) is 5.27. The van der Waals surface area contributed by atoms with E-state index in [0.29, 0.717) is 0 Å². The molecule has 2 atom stereocenters. The van der Waals surface area contributed by atoms with E-state index in [1.807, 2.05) is 0 Å². The molecule has 2 unspecified atom stereocenters. The molecule has 0 fully saturated rings. The molecule has 5 heteroatoms. The first-order valence-corrected chi connectivity index (χ1v) is 4.08. The van der Waals surface area contributed by atoms with E-state index in [0.717, 1.165) is 11.9 Å². The van der Waals surface area contributed by atoms with Crippen LogP contribution in [0.5, 0.6) is 0 Å². The summed E-state index contributed by atoms with van der Waals surface area (Å²) in [6.07, 6.45) is 0.916. The van der Waals surface area contributed by atoms with Gasteiger partial charge in [-0.2, -0.15) is 0 Å². The zero-order valence-corrected chi connectivity index (χ0v) is 6.81. The van der Waals surface area contributed by atoms with Gasteiger partial charge in [0.15, 0.2) is 0 Å². The minimum atomic E-state index is -0.826. The fourth-order valence-electron chi connectivity index (χ4n) is 0.388. The standard InChI is InChI=1S/C5H12N2O2S/c1-3(8)4(6)5(9)7-10-2/h3-4,8H,6H2,1-2H3,(H,7,9). The van der Waals surface area contributed by atoms with E-state index in [1.54, 1.807) is 6.26 Å². The van der Waals surface area contributed by atoms with Crippen molar-refractivity contribution in [1.82, 2.24) is 4.72 Å². The Kier molecular flexibility index (Phi) is 4.42. The number of carbonyl (C=O) groups excluding carboxylic acids is 1. The molecule has 0 radical (unpaired) electrons. The van der Waals surface area contributed by atoms with Crippen LogP contribution in [-0.2, 0) is 4.79 Å². The van der Waals surface area contributed by atoms with E-state index in [-0.39, 0.29) is 5.91 Å². The van der Waals surface area contributed by atoms with Crippen LogP contribution in [0.15, 0.2) is 0 Å². The van der Waals surface area contributed by atoms with E-state index < -0.39 is 12.1 Å². The van der Waals surface area contributed by atoms with Gasteiger partial charge in [-0.05, 0) is 6.92 Å². The highest BCUT2D eigenvalue weighted by atomic mass is 32.2. The SMILES string of the molecule is CSNC(=O)C(N)C(C)O. The molecule has 0 aromatic heterocycles. The molecule has 0 rings (SSSR count). The van der Waals surface area contributed by atoms with Crippen LogP contribution in [0.3, 0.4) is 0 Å². The average Bonchev–Trinajstić information content (AvgIpc) is 1.87. The zero-order valence-electron chi connectivity index (χ0n) is 6.00. The Morgan fingerprint density at radius 1 is 1.80 bits per heavy atom. The minimum absolute atomic E-state index is 0.345. The van der Waals surface area contributed by atoms with Crippen LogP contribution >= 0.6 is 11.9 Å². The predicted octanol–water partition coefficient (Wildman–Crippen LogP) is -0.911. The molecular formula is C5H12N2O2S. The average molecular weight is 164 g/mol. The third-order valence-corrected chi connectivity index (χ3v) is 1.43. The Morgan fingerprint density at radius 2 is 2.30 bits per heavy atom. The van der Waals surface area contributed by atoms with Crippen molar-refractivity contribution in [2.24, 2.45) is 5.73 Å². The number of nitrogens with two attached hydrogens (primary N) is 1. The van der Waals surface area contributed by atoms with Crippen molar-refractivity contribution < 1.29 is 9.90 Å². The lowest BCUT2D eigenvalue weighted by molar-refractivity contribution is -0.122. The number of nitrogens with one attached hydrogen (secondary N) is 1. The number of carbonyl (C=O) groups is 1. The van der Waals surface area contributed by atoms with Gasteiger partial charge in [0.25, 0.3) is 0 Å². The van der Waals surface area contributed by atoms with Crippen LogP contribution < -0.4 is 10.5 Å². The van der Waals surface area contributed by atoms with Gasteiger partial charge in [-0.1, -0.05) is 11.9 Å². The number of aliphatic hydroxyl groups is 1. The van der Waals surface area contributed by atoms with Crippen LogP contribution in [0.2, 0.25) is 0 Å². The molecule has 4 N–H and O–H groups in total. The van der Waals surface area contributed by atoms with Gasteiger partial charge in [0.1, 0.15) is 6.04 Å². The maximum atomic E-state index is 10.8. The maximum Gasteiger partial charge on any atom is 0.249 e. The van der Waals surface area contributed by atoms with E-state index in [4.69, 9.17) is 10.8 Å². The number of rotatable bonds is 3. The minimum Gasteiger partial charge on any atom is -0.391 e. The van der Waals surface area contributed by atoms with Crippen LogP contribution in [0, 0.1) is 0 Å². The monoisotopic (exact) mass is 164 g/mol. The zero-order chi connectivity index (χ0) is 8.15. The van der Waals surface area contributed by atoms with E-state index in [1.165, 1.54) is 6.92 Å². The number of hydrogen-bond acceptors (Lipinski definition) is 4. The summed E-state index contributed by atoms with van der Waals surface area (Å²) in [5, 5.41) is 8.82. The summed E-state index contributed by atoms with van der Waals surface area (Å²) in [6, 6.07) is -0.826. The molecule has 0 aliphatic rings. The number of hydrogen-bond donors (Lipinski definition) is 3. The molecule has 0 aromatic rings. The summed E-state index contributed by atoms with van der Waals surface area (Å²) in [7, 11) is 0. The highest BCUT2D eigenvalue weighted by Gasteiger charge is 2.17. The van der Waals surface area contributed by atoms with Crippen molar-refractivity contribution in [3.05, 3.63) is 0 Å². The van der Waals surface area contributed by atoms with E-state index >= 15 is 0 Å². The molecule has 1 amide bonds. The van der Waals surface area contributed by atoms with Gasteiger partial charge in [-0.3, -0.25) is 9.52 Å². The fraction of sp³-hybridized carbons (Fsp3) is 0.800.